The van der Waals surface area contributed by atoms with Crippen LogP contribution in [0.25, 0.3) is 0 Å². The van der Waals surface area contributed by atoms with E-state index in [2.05, 4.69) is 6.07 Å². The van der Waals surface area contributed by atoms with Crippen LogP contribution in [-0.4, -0.2) is 24.4 Å². The number of hydrogen-bond donors (Lipinski definition) is 0. The minimum Gasteiger partial charge on any atom is -0.744 e. The lowest BCUT2D eigenvalue weighted by molar-refractivity contribution is 0.118. The molecule has 3 aromatic carbocycles. The number of aryl methyl sites for hydroxylation is 1. The summed E-state index contributed by atoms with van der Waals surface area (Å²) in [7, 11) is -4.63. The first kappa shape index (κ1) is 23.0. The van der Waals surface area contributed by atoms with Crippen LogP contribution in [0.5, 0.6) is 11.5 Å². The Bertz CT molecular complexity index is 1250. The topological polar surface area (TPSA) is 93.5 Å². The Hall–Kier alpha value is -3.18. The highest BCUT2D eigenvalue weighted by molar-refractivity contribution is 7.85. The van der Waals surface area contributed by atoms with E-state index in [0.717, 1.165) is 29.7 Å². The van der Waals surface area contributed by atoms with Crippen molar-refractivity contribution in [1.82, 2.24) is 4.90 Å². The summed E-state index contributed by atoms with van der Waals surface area (Å²) in [5, 5.41) is 10.1. The molecule has 7 heteroatoms. The fraction of sp³-hybridized carbons (Fsp3) is 0.269. The second-order valence-electron chi connectivity index (χ2n) is 8.26. The van der Waals surface area contributed by atoms with Crippen molar-refractivity contribution >= 4 is 10.1 Å². The predicted octanol–water partition coefficient (Wildman–Crippen LogP) is 5.48. The third-order valence-corrected chi connectivity index (χ3v) is 6.88. The molecule has 0 bridgehead atoms. The number of ether oxygens (including phenoxy) is 1. The molecule has 1 fully saturated rings. The van der Waals surface area contributed by atoms with E-state index in [4.69, 9.17) is 4.74 Å². The number of piperidine rings is 1. The van der Waals surface area contributed by atoms with E-state index in [1.807, 2.05) is 66.4 Å². The van der Waals surface area contributed by atoms with Gasteiger partial charge in [-0.3, -0.25) is 4.90 Å². The van der Waals surface area contributed by atoms with Crippen molar-refractivity contribution in [2.24, 2.45) is 0 Å². The van der Waals surface area contributed by atoms with Crippen LogP contribution in [0.15, 0.2) is 77.7 Å². The summed E-state index contributed by atoms with van der Waals surface area (Å²) in [5.41, 5.74) is 2.15. The Labute approximate surface area is 194 Å². The second kappa shape index (κ2) is 9.75. The maximum atomic E-state index is 12.0. The van der Waals surface area contributed by atoms with Gasteiger partial charge < -0.3 is 9.29 Å². The van der Waals surface area contributed by atoms with Crippen LogP contribution in [0.1, 0.15) is 48.0 Å². The minimum absolute atomic E-state index is 0.201. The molecule has 1 heterocycles. The number of nitriles is 1. The van der Waals surface area contributed by atoms with Crippen LogP contribution < -0.4 is 4.74 Å². The summed E-state index contributed by atoms with van der Waals surface area (Å²) in [4.78, 5) is 1.81. The fourth-order valence-electron chi connectivity index (χ4n) is 4.44. The van der Waals surface area contributed by atoms with Crippen LogP contribution >= 0.6 is 0 Å². The fourth-order valence-corrected chi connectivity index (χ4v) is 5.15. The lowest BCUT2D eigenvalue weighted by atomic mass is 9.91. The zero-order chi connectivity index (χ0) is 23.4. The van der Waals surface area contributed by atoms with Gasteiger partial charge in [-0.15, -0.1) is 0 Å². The quantitative estimate of drug-likeness (QED) is 0.451. The van der Waals surface area contributed by atoms with Gasteiger partial charge in [0.25, 0.3) is 0 Å². The van der Waals surface area contributed by atoms with Gasteiger partial charge in [0.1, 0.15) is 27.7 Å². The summed E-state index contributed by atoms with van der Waals surface area (Å²) < 4.78 is 41.7. The molecule has 6 nitrogen and oxygen atoms in total. The molecule has 0 amide bonds. The Kier molecular flexibility index (Phi) is 6.80. The molecule has 0 radical (unpaired) electrons. The lowest BCUT2D eigenvalue weighted by Gasteiger charge is -2.40. The molecule has 1 aliphatic rings. The maximum Gasteiger partial charge on any atom is 0.127 e. The van der Waals surface area contributed by atoms with E-state index < -0.39 is 16.2 Å². The molecule has 2 atom stereocenters. The van der Waals surface area contributed by atoms with Gasteiger partial charge in [0.05, 0.1) is 11.0 Å². The van der Waals surface area contributed by atoms with Crippen LogP contribution in [0.2, 0.25) is 0 Å². The third-order valence-electron chi connectivity index (χ3n) is 5.97. The Morgan fingerprint density at radius 3 is 2.39 bits per heavy atom. The number of para-hydroxylation sites is 1. The Morgan fingerprint density at radius 2 is 1.73 bits per heavy atom. The van der Waals surface area contributed by atoms with Gasteiger partial charge >= 0.3 is 0 Å². The standard InChI is InChI=1S/C26H26N2O4S/c1-19-10-15-26(33(29,30)31)23(17-19)24-9-5-6-16-28(24)25(18-27)20-11-13-22(14-12-20)32-21-7-3-2-4-8-21/h2-4,7-8,10-15,17,24-25H,5-6,9,16H2,1H3,(H,29,30,31)/p-1. The monoisotopic (exact) mass is 461 g/mol. The normalized spacial score (nSPS) is 17.8. The first-order valence-electron chi connectivity index (χ1n) is 10.9. The molecule has 0 aliphatic carbocycles. The summed E-state index contributed by atoms with van der Waals surface area (Å²) >= 11 is 0. The SMILES string of the molecule is Cc1ccc(S(=O)(=O)[O-])c(C2CCCCN2C(C#N)c2ccc(Oc3ccccc3)cc2)c1. The molecule has 0 spiro atoms. The zero-order valence-corrected chi connectivity index (χ0v) is 19.2. The van der Waals surface area contributed by atoms with Crippen LogP contribution in [0.3, 0.4) is 0 Å². The van der Waals surface area contributed by atoms with Gasteiger partial charge in [0.2, 0.25) is 0 Å². The zero-order valence-electron chi connectivity index (χ0n) is 18.3. The molecule has 2 unspecified atom stereocenters. The van der Waals surface area contributed by atoms with E-state index >= 15 is 0 Å². The molecule has 170 valence electrons. The van der Waals surface area contributed by atoms with E-state index in [9.17, 15) is 18.2 Å². The van der Waals surface area contributed by atoms with Crippen LogP contribution in [0, 0.1) is 18.3 Å². The summed E-state index contributed by atoms with van der Waals surface area (Å²) in [6, 6.07) is 23.1. The molecule has 0 aromatic heterocycles. The molecule has 33 heavy (non-hydrogen) atoms. The molecular formula is C26H25N2O4S-. The number of rotatable bonds is 6. The molecule has 0 N–H and O–H groups in total. The summed E-state index contributed by atoms with van der Waals surface area (Å²) in [6.45, 7) is 2.50. The Morgan fingerprint density at radius 1 is 1.03 bits per heavy atom. The molecule has 1 aliphatic heterocycles. The Balaban J connectivity index is 1.65. The van der Waals surface area contributed by atoms with Gasteiger partial charge in [-0.05, 0) is 61.2 Å². The maximum absolute atomic E-state index is 12.0. The third kappa shape index (κ3) is 5.25. The van der Waals surface area contributed by atoms with Gasteiger partial charge in [-0.25, -0.2) is 8.42 Å². The van der Waals surface area contributed by atoms with Crippen molar-refractivity contribution in [3.8, 4) is 17.6 Å². The number of likely N-dealkylation sites (tertiary alicyclic amines) is 1. The summed E-state index contributed by atoms with van der Waals surface area (Å²) in [6.07, 6.45) is 2.48. The van der Waals surface area contributed by atoms with Crippen molar-refractivity contribution in [3.05, 3.63) is 89.5 Å². The average molecular weight is 462 g/mol. The van der Waals surface area contributed by atoms with E-state index in [1.54, 1.807) is 12.1 Å². The van der Waals surface area contributed by atoms with Crippen molar-refractivity contribution in [2.45, 2.75) is 43.2 Å². The highest BCUT2D eigenvalue weighted by Gasteiger charge is 2.33. The van der Waals surface area contributed by atoms with Gasteiger partial charge in [-0.1, -0.05) is 54.4 Å². The first-order valence-corrected chi connectivity index (χ1v) is 12.3. The van der Waals surface area contributed by atoms with E-state index in [0.29, 0.717) is 24.3 Å². The summed E-state index contributed by atoms with van der Waals surface area (Å²) in [5.74, 6) is 1.39. The molecular weight excluding hydrogens is 436 g/mol. The average Bonchev–Trinajstić information content (AvgIpc) is 2.81. The minimum atomic E-state index is -4.63. The molecule has 1 saturated heterocycles. The highest BCUT2D eigenvalue weighted by Crippen LogP contribution is 2.40. The highest BCUT2D eigenvalue weighted by atomic mass is 32.2. The van der Waals surface area contributed by atoms with Gasteiger partial charge in [0, 0.05) is 12.6 Å². The van der Waals surface area contributed by atoms with Gasteiger partial charge in [0.15, 0.2) is 0 Å². The van der Waals surface area contributed by atoms with Gasteiger partial charge in [-0.2, -0.15) is 5.26 Å². The van der Waals surface area contributed by atoms with Crippen LogP contribution in [0.4, 0.5) is 0 Å². The predicted molar refractivity (Wildman–Crippen MR) is 124 cm³/mol. The van der Waals surface area contributed by atoms with E-state index in [-0.39, 0.29) is 10.9 Å². The smallest absolute Gasteiger partial charge is 0.127 e. The lowest BCUT2D eigenvalue weighted by Crippen LogP contribution is -2.37. The number of hydrogen-bond acceptors (Lipinski definition) is 6. The number of benzene rings is 3. The van der Waals surface area contributed by atoms with Crippen molar-refractivity contribution in [1.29, 1.82) is 5.26 Å². The second-order valence-corrected chi connectivity index (χ2v) is 9.61. The molecule has 3 aromatic rings. The van der Waals surface area contributed by atoms with Crippen LogP contribution in [-0.2, 0) is 10.1 Å². The molecule has 0 saturated carbocycles. The van der Waals surface area contributed by atoms with Crippen molar-refractivity contribution in [3.63, 3.8) is 0 Å². The largest absolute Gasteiger partial charge is 0.744 e. The molecule has 4 rings (SSSR count). The van der Waals surface area contributed by atoms with Crippen molar-refractivity contribution < 1.29 is 17.7 Å². The van der Waals surface area contributed by atoms with E-state index in [1.165, 1.54) is 6.07 Å². The number of nitrogens with zero attached hydrogens (tertiary/aromatic N) is 2. The van der Waals surface area contributed by atoms with Crippen molar-refractivity contribution in [2.75, 3.05) is 6.54 Å². The first-order chi connectivity index (χ1) is 15.9.